The number of nitrogens with zero attached hydrogens (tertiary/aromatic N) is 2. The number of carboxylic acid groups (broad SMARTS) is 1. The molecule has 0 spiro atoms. The number of carboxylic acids is 1. The molecule has 2 heterocycles. The molecule has 4 aromatic rings. The molecule has 0 aliphatic heterocycles. The number of carbonyl (C=O) groups excluding carboxylic acids is 3. The molecule has 0 aliphatic rings. The molecule has 13 nitrogen and oxygen atoms in total. The lowest BCUT2D eigenvalue weighted by Gasteiger charge is -2.22. The summed E-state index contributed by atoms with van der Waals surface area (Å²) >= 11 is 0. The van der Waals surface area contributed by atoms with Crippen molar-refractivity contribution >= 4 is 35.0 Å². The highest BCUT2D eigenvalue weighted by Gasteiger charge is 2.25. The highest BCUT2D eigenvalue weighted by molar-refractivity contribution is 6.07. The Kier molecular flexibility index (Phi) is 13.5. The number of pyridine rings is 2. The van der Waals surface area contributed by atoms with Crippen molar-refractivity contribution in [2.24, 2.45) is 0 Å². The molecule has 0 radical (unpaired) electrons. The normalized spacial score (nSPS) is 11.4. The van der Waals surface area contributed by atoms with Crippen molar-refractivity contribution in [3.05, 3.63) is 89.7 Å². The fourth-order valence-electron chi connectivity index (χ4n) is 4.19. The molecule has 1 atom stereocenters. The molecule has 0 bridgehead atoms. The molecule has 0 aliphatic carbocycles. The molecule has 1 unspecified atom stereocenters. The Morgan fingerprint density at radius 3 is 1.94 bits per heavy atom. The molecular weight excluding hydrogens is 654 g/mol. The zero-order valence-electron chi connectivity index (χ0n) is 29.9. The molecule has 0 fully saturated rings. The van der Waals surface area contributed by atoms with Gasteiger partial charge in [-0.2, -0.15) is 0 Å². The van der Waals surface area contributed by atoms with E-state index in [2.05, 4.69) is 38.0 Å². The minimum atomic E-state index is -1.30. The van der Waals surface area contributed by atoms with E-state index in [9.17, 15) is 24.3 Å². The molecule has 0 saturated carbocycles. The number of benzene rings is 2. The topological polar surface area (TPSA) is 178 Å². The summed E-state index contributed by atoms with van der Waals surface area (Å²) < 4.78 is 15.9. The maximum absolute atomic E-state index is 13.1. The van der Waals surface area contributed by atoms with Gasteiger partial charge in [0.25, 0.3) is 5.91 Å². The van der Waals surface area contributed by atoms with Gasteiger partial charge in [-0.1, -0.05) is 37.8 Å². The zero-order chi connectivity index (χ0) is 37.8. The van der Waals surface area contributed by atoms with Crippen molar-refractivity contribution in [3.8, 4) is 28.8 Å². The number of nitrogens with one attached hydrogen (secondary N) is 3. The summed E-state index contributed by atoms with van der Waals surface area (Å²) in [6.07, 6.45) is 1.46. The molecule has 13 heteroatoms. The number of aromatic nitrogens is 2. The fraction of sp³-hybridized carbons (Fsp3) is 0.316. The second-order valence-electron chi connectivity index (χ2n) is 12.7. The van der Waals surface area contributed by atoms with E-state index < -0.39 is 41.3 Å². The van der Waals surface area contributed by atoms with Crippen molar-refractivity contribution in [1.82, 2.24) is 26.1 Å². The maximum Gasteiger partial charge on any atom is 0.426 e. The molecule has 2 aromatic heterocycles. The number of fused-ring (bicyclic) bond motifs is 1. The lowest BCUT2D eigenvalue weighted by atomic mass is 10.0. The van der Waals surface area contributed by atoms with Crippen molar-refractivity contribution in [1.29, 1.82) is 0 Å². The van der Waals surface area contributed by atoms with E-state index >= 15 is 0 Å². The lowest BCUT2D eigenvalue weighted by Crippen LogP contribution is -2.46. The second-order valence-corrected chi connectivity index (χ2v) is 12.7. The van der Waals surface area contributed by atoms with Crippen molar-refractivity contribution < 1.29 is 38.5 Å². The van der Waals surface area contributed by atoms with Crippen molar-refractivity contribution in [2.75, 3.05) is 6.61 Å². The average Bonchev–Trinajstić information content (AvgIpc) is 3.07. The average molecular weight is 698 g/mol. The van der Waals surface area contributed by atoms with E-state index in [1.807, 2.05) is 38.1 Å². The van der Waals surface area contributed by atoms with Crippen LogP contribution in [0.4, 0.5) is 9.59 Å². The van der Waals surface area contributed by atoms with E-state index in [-0.39, 0.29) is 12.2 Å². The number of hydrazine groups is 1. The third kappa shape index (κ3) is 12.7. The minimum Gasteiger partial charge on any atom is -0.491 e. The summed E-state index contributed by atoms with van der Waals surface area (Å²) in [5.74, 6) is 4.74. The predicted molar refractivity (Wildman–Crippen MR) is 192 cm³/mol. The van der Waals surface area contributed by atoms with Gasteiger partial charge in [-0.25, -0.2) is 24.8 Å². The number of hydrogen-bond donors (Lipinski definition) is 4. The van der Waals surface area contributed by atoms with Gasteiger partial charge in [0, 0.05) is 34.5 Å². The maximum atomic E-state index is 13.1. The highest BCUT2D eigenvalue weighted by Crippen LogP contribution is 2.25. The van der Waals surface area contributed by atoms with E-state index in [0.29, 0.717) is 27.9 Å². The van der Waals surface area contributed by atoms with E-state index in [1.54, 1.807) is 84.1 Å². The monoisotopic (exact) mass is 697 g/mol. The van der Waals surface area contributed by atoms with Crippen LogP contribution in [-0.2, 0) is 14.3 Å². The van der Waals surface area contributed by atoms with Crippen LogP contribution >= 0.6 is 0 Å². The largest absolute Gasteiger partial charge is 0.491 e. The smallest absolute Gasteiger partial charge is 0.426 e. The minimum absolute atomic E-state index is 0.262. The molecule has 3 amide bonds. The Balaban J connectivity index is 0.00000345. The molecule has 51 heavy (non-hydrogen) atoms. The molecule has 2 aromatic carbocycles. The van der Waals surface area contributed by atoms with Gasteiger partial charge in [-0.3, -0.25) is 15.2 Å². The number of amides is 3. The number of hydrogen-bond acceptors (Lipinski definition) is 9. The summed E-state index contributed by atoms with van der Waals surface area (Å²) in [7, 11) is 0. The van der Waals surface area contributed by atoms with Crippen LogP contribution in [0.3, 0.4) is 0 Å². The number of alkyl carbamates (subject to hydrolysis) is 1. The van der Waals surface area contributed by atoms with Gasteiger partial charge in [0.05, 0.1) is 16.8 Å². The van der Waals surface area contributed by atoms with Gasteiger partial charge in [0.1, 0.15) is 23.6 Å². The first-order valence-electron chi connectivity index (χ1n) is 16.2. The molecule has 4 rings (SSSR count). The van der Waals surface area contributed by atoms with Crippen LogP contribution in [0.25, 0.3) is 22.2 Å². The van der Waals surface area contributed by atoms with Gasteiger partial charge < -0.3 is 24.6 Å². The summed E-state index contributed by atoms with van der Waals surface area (Å²) in [5.41, 5.74) is 6.64. The molecular formula is C38H43N5O8. The fourth-order valence-corrected chi connectivity index (χ4v) is 4.19. The molecule has 4 N–H and O–H groups in total. The number of aliphatic carboxylic acids is 1. The Hall–Kier alpha value is -6.16. The molecule has 268 valence electrons. The molecule has 0 saturated heterocycles. The Morgan fingerprint density at radius 2 is 1.37 bits per heavy atom. The Bertz CT molecular complexity index is 1900. The SMILES string of the molecule is CC.CC(C)(C)OC(=O)NNC(=O)c1cc(-c2ccc(C#Cc3ccc(OCC(NC(=O)OC(C)(C)C)C(=O)O)cc3)cc2)nc2ccncc12. The van der Waals surface area contributed by atoms with Gasteiger partial charge >= 0.3 is 18.2 Å². The van der Waals surface area contributed by atoms with Crippen LogP contribution in [0, 0.1) is 11.8 Å². The van der Waals surface area contributed by atoms with Crippen LogP contribution in [0.1, 0.15) is 76.9 Å². The number of rotatable bonds is 7. The number of carbonyl (C=O) groups is 4. The van der Waals surface area contributed by atoms with Crippen LogP contribution in [-0.4, -0.2) is 63.0 Å². The van der Waals surface area contributed by atoms with Crippen LogP contribution < -0.4 is 20.9 Å². The first-order chi connectivity index (χ1) is 24.1. The van der Waals surface area contributed by atoms with Crippen molar-refractivity contribution in [2.45, 2.75) is 72.6 Å². The van der Waals surface area contributed by atoms with Crippen LogP contribution in [0.15, 0.2) is 73.1 Å². The third-order valence-electron chi connectivity index (χ3n) is 6.32. The lowest BCUT2D eigenvalue weighted by molar-refractivity contribution is -0.140. The van der Waals surface area contributed by atoms with Crippen LogP contribution in [0.5, 0.6) is 5.75 Å². The summed E-state index contributed by atoms with van der Waals surface area (Å²) in [6.45, 7) is 13.9. The highest BCUT2D eigenvalue weighted by atomic mass is 16.6. The second kappa shape index (κ2) is 17.5. The summed E-state index contributed by atoms with van der Waals surface area (Å²) in [6, 6.07) is 16.1. The Labute approximate surface area is 297 Å². The first kappa shape index (κ1) is 39.3. The van der Waals surface area contributed by atoms with E-state index in [4.69, 9.17) is 14.2 Å². The standard InChI is InChI=1S/C36H37N5O8.C2H6/c1-35(2,3)48-33(45)39-30(32(43)44)21-47-25-15-11-23(12-16-25)8-7-22-9-13-24(14-10-22)29-19-26(27-20-37-18-17-28(27)38-29)31(42)40-41-34(46)49-36(4,5)6;1-2/h9-20,30H,21H2,1-6H3,(H,39,45)(H,40,42)(H,41,46)(H,43,44);1-2H3. The predicted octanol–water partition coefficient (Wildman–Crippen LogP) is 6.25. The van der Waals surface area contributed by atoms with Gasteiger partial charge in [0.2, 0.25) is 0 Å². The van der Waals surface area contributed by atoms with Gasteiger partial charge in [0.15, 0.2) is 6.04 Å². The van der Waals surface area contributed by atoms with E-state index in [1.165, 1.54) is 6.20 Å². The quantitative estimate of drug-likeness (QED) is 0.127. The first-order valence-corrected chi connectivity index (χ1v) is 16.2. The number of ether oxygens (including phenoxy) is 3. The van der Waals surface area contributed by atoms with Crippen molar-refractivity contribution in [3.63, 3.8) is 0 Å². The zero-order valence-corrected chi connectivity index (χ0v) is 29.9. The van der Waals surface area contributed by atoms with E-state index in [0.717, 1.165) is 11.1 Å². The van der Waals surface area contributed by atoms with Crippen LogP contribution in [0.2, 0.25) is 0 Å². The van der Waals surface area contributed by atoms with Gasteiger partial charge in [-0.15, -0.1) is 0 Å². The third-order valence-corrected chi connectivity index (χ3v) is 6.32. The van der Waals surface area contributed by atoms with Gasteiger partial charge in [-0.05, 0) is 90.1 Å². The Morgan fingerprint density at radius 1 is 0.804 bits per heavy atom. The summed E-state index contributed by atoms with van der Waals surface area (Å²) in [4.78, 5) is 57.4. The summed E-state index contributed by atoms with van der Waals surface area (Å²) in [5, 5.41) is 12.2.